The van der Waals surface area contributed by atoms with Crippen molar-refractivity contribution in [3.63, 3.8) is 0 Å². The fraction of sp³-hybridized carbons (Fsp3) is 0.250. The standard InChI is InChI=1S/C16H17N3O4S2/c1-19(7-8-23-2)25(21,22)14-9-15(24-11-14)16(20)18-13-5-3-12(10-17)4-6-13/h3-6,9,11H,7-8H2,1-2H3,(H,18,20). The molecule has 0 aliphatic carbocycles. The van der Waals surface area contributed by atoms with E-state index in [9.17, 15) is 13.2 Å². The molecule has 1 aromatic carbocycles. The van der Waals surface area contributed by atoms with Crippen molar-refractivity contribution in [1.82, 2.24) is 4.31 Å². The van der Waals surface area contributed by atoms with E-state index >= 15 is 0 Å². The van der Waals surface area contributed by atoms with Crippen LogP contribution in [0.2, 0.25) is 0 Å². The van der Waals surface area contributed by atoms with Crippen molar-refractivity contribution < 1.29 is 17.9 Å². The number of benzene rings is 1. The third kappa shape index (κ3) is 4.64. The molecule has 25 heavy (non-hydrogen) atoms. The van der Waals surface area contributed by atoms with Crippen molar-refractivity contribution in [1.29, 1.82) is 5.26 Å². The molecule has 0 aliphatic heterocycles. The van der Waals surface area contributed by atoms with Gasteiger partial charge in [-0.3, -0.25) is 4.79 Å². The van der Waals surface area contributed by atoms with Crippen LogP contribution in [0.1, 0.15) is 15.2 Å². The van der Waals surface area contributed by atoms with Crippen LogP contribution in [0.5, 0.6) is 0 Å². The predicted molar refractivity (Wildman–Crippen MR) is 95.1 cm³/mol. The van der Waals surface area contributed by atoms with Crippen LogP contribution >= 0.6 is 11.3 Å². The largest absolute Gasteiger partial charge is 0.383 e. The minimum atomic E-state index is -3.66. The van der Waals surface area contributed by atoms with Crippen LogP contribution in [0, 0.1) is 11.3 Å². The summed E-state index contributed by atoms with van der Waals surface area (Å²) < 4.78 is 30.9. The number of hydrogen-bond donors (Lipinski definition) is 1. The molecule has 0 saturated heterocycles. The maximum absolute atomic E-state index is 12.4. The van der Waals surface area contributed by atoms with E-state index in [1.165, 1.54) is 29.9 Å². The van der Waals surface area contributed by atoms with E-state index in [4.69, 9.17) is 10.00 Å². The number of nitrogens with zero attached hydrogens (tertiary/aromatic N) is 2. The average Bonchev–Trinajstić information content (AvgIpc) is 3.11. The number of nitriles is 1. The van der Waals surface area contributed by atoms with E-state index in [-0.39, 0.29) is 22.9 Å². The fourth-order valence-corrected chi connectivity index (χ4v) is 4.23. The van der Waals surface area contributed by atoms with Gasteiger partial charge in [0.05, 0.1) is 28.0 Å². The summed E-state index contributed by atoms with van der Waals surface area (Å²) in [5.74, 6) is -0.407. The molecule has 2 rings (SSSR count). The Hall–Kier alpha value is -2.25. The van der Waals surface area contributed by atoms with Gasteiger partial charge in [0.2, 0.25) is 10.0 Å². The van der Waals surface area contributed by atoms with E-state index in [0.717, 1.165) is 11.3 Å². The second-order valence-electron chi connectivity index (χ2n) is 5.11. The van der Waals surface area contributed by atoms with Crippen molar-refractivity contribution >= 4 is 33.0 Å². The number of carbonyl (C=O) groups is 1. The number of anilines is 1. The zero-order valence-corrected chi connectivity index (χ0v) is 15.4. The van der Waals surface area contributed by atoms with Crippen LogP contribution in [-0.4, -0.2) is 45.9 Å². The molecular weight excluding hydrogens is 362 g/mol. The third-order valence-electron chi connectivity index (χ3n) is 3.39. The number of rotatable bonds is 7. The smallest absolute Gasteiger partial charge is 0.265 e. The van der Waals surface area contributed by atoms with Crippen molar-refractivity contribution in [3.8, 4) is 6.07 Å². The van der Waals surface area contributed by atoms with Crippen LogP contribution in [0.15, 0.2) is 40.6 Å². The van der Waals surface area contributed by atoms with Gasteiger partial charge in [-0.05, 0) is 30.3 Å². The molecule has 0 radical (unpaired) electrons. The molecule has 0 unspecified atom stereocenters. The predicted octanol–water partition coefficient (Wildman–Crippen LogP) is 2.14. The highest BCUT2D eigenvalue weighted by atomic mass is 32.2. The minimum Gasteiger partial charge on any atom is -0.383 e. The van der Waals surface area contributed by atoms with Crippen LogP contribution in [0.3, 0.4) is 0 Å². The van der Waals surface area contributed by atoms with Gasteiger partial charge in [0.15, 0.2) is 0 Å². The lowest BCUT2D eigenvalue weighted by Crippen LogP contribution is -2.29. The Morgan fingerprint density at radius 2 is 2.04 bits per heavy atom. The van der Waals surface area contributed by atoms with Crippen molar-refractivity contribution in [3.05, 3.63) is 46.2 Å². The maximum atomic E-state index is 12.4. The number of methoxy groups -OCH3 is 1. The van der Waals surface area contributed by atoms with Crippen LogP contribution in [-0.2, 0) is 14.8 Å². The van der Waals surface area contributed by atoms with Gasteiger partial charge in [-0.1, -0.05) is 0 Å². The normalized spacial score (nSPS) is 11.3. The molecule has 132 valence electrons. The Morgan fingerprint density at radius 3 is 2.64 bits per heavy atom. The Bertz CT molecular complexity index is 883. The van der Waals surface area contributed by atoms with Gasteiger partial charge in [-0.2, -0.15) is 9.57 Å². The number of hydrogen-bond acceptors (Lipinski definition) is 6. The van der Waals surface area contributed by atoms with Gasteiger partial charge >= 0.3 is 0 Å². The van der Waals surface area contributed by atoms with Gasteiger partial charge < -0.3 is 10.1 Å². The zero-order chi connectivity index (χ0) is 18.4. The fourth-order valence-electron chi connectivity index (χ4n) is 1.91. The Morgan fingerprint density at radius 1 is 1.36 bits per heavy atom. The first-order valence-corrected chi connectivity index (χ1v) is 9.56. The molecule has 7 nitrogen and oxygen atoms in total. The first-order valence-electron chi connectivity index (χ1n) is 7.24. The topological polar surface area (TPSA) is 99.5 Å². The summed E-state index contributed by atoms with van der Waals surface area (Å²) in [5.41, 5.74) is 1.01. The molecule has 2 aromatic rings. The average molecular weight is 379 g/mol. The van der Waals surface area contributed by atoms with Gasteiger partial charge in [-0.25, -0.2) is 8.42 Å². The first kappa shape index (κ1) is 19.1. The lowest BCUT2D eigenvalue weighted by Gasteiger charge is -2.15. The highest BCUT2D eigenvalue weighted by molar-refractivity contribution is 7.89. The number of nitrogens with one attached hydrogen (secondary N) is 1. The molecule has 0 atom stereocenters. The van der Waals surface area contributed by atoms with E-state index in [1.807, 2.05) is 6.07 Å². The number of sulfonamides is 1. The van der Waals surface area contributed by atoms with Crippen LogP contribution in [0.4, 0.5) is 5.69 Å². The highest BCUT2D eigenvalue weighted by Crippen LogP contribution is 2.23. The maximum Gasteiger partial charge on any atom is 0.265 e. The van der Waals surface area contributed by atoms with E-state index < -0.39 is 15.9 Å². The van der Waals surface area contributed by atoms with Crippen molar-refractivity contribution in [2.24, 2.45) is 0 Å². The quantitative estimate of drug-likeness (QED) is 0.794. The second kappa shape index (κ2) is 8.22. The molecular formula is C16H17N3O4S2. The number of ether oxygens (including phenoxy) is 1. The van der Waals surface area contributed by atoms with E-state index in [1.54, 1.807) is 24.3 Å². The first-order chi connectivity index (χ1) is 11.9. The monoisotopic (exact) mass is 379 g/mol. The molecule has 1 heterocycles. The summed E-state index contributed by atoms with van der Waals surface area (Å²) in [6.07, 6.45) is 0. The number of thiophene rings is 1. The molecule has 0 aliphatic rings. The summed E-state index contributed by atoms with van der Waals surface area (Å²) in [6.45, 7) is 0.507. The van der Waals surface area contributed by atoms with Crippen molar-refractivity contribution in [2.75, 3.05) is 32.6 Å². The number of amides is 1. The summed E-state index contributed by atoms with van der Waals surface area (Å²) in [6, 6.07) is 9.74. The molecule has 0 saturated carbocycles. The van der Waals surface area contributed by atoms with Gasteiger partial charge in [0.1, 0.15) is 0 Å². The summed E-state index contributed by atoms with van der Waals surface area (Å²) in [5, 5.41) is 12.9. The summed E-state index contributed by atoms with van der Waals surface area (Å²) in [4.78, 5) is 12.6. The van der Waals surface area contributed by atoms with Gasteiger partial charge in [-0.15, -0.1) is 11.3 Å². The van der Waals surface area contributed by atoms with E-state index in [0.29, 0.717) is 11.3 Å². The van der Waals surface area contributed by atoms with Crippen molar-refractivity contribution in [2.45, 2.75) is 4.90 Å². The lowest BCUT2D eigenvalue weighted by molar-refractivity contribution is 0.103. The number of likely N-dealkylation sites (N-methyl/N-ethyl adjacent to an activating group) is 1. The molecule has 1 aromatic heterocycles. The zero-order valence-electron chi connectivity index (χ0n) is 13.7. The number of carbonyl (C=O) groups excluding carboxylic acids is 1. The molecule has 0 bridgehead atoms. The van der Waals surface area contributed by atoms with Gasteiger partial charge in [0.25, 0.3) is 5.91 Å². The Kier molecular flexibility index (Phi) is 6.27. The SMILES string of the molecule is COCCN(C)S(=O)(=O)c1csc(C(=O)Nc2ccc(C#N)cc2)c1. The van der Waals surface area contributed by atoms with Crippen LogP contribution in [0.25, 0.3) is 0 Å². The molecule has 0 fully saturated rings. The molecule has 1 N–H and O–H groups in total. The van der Waals surface area contributed by atoms with Crippen LogP contribution < -0.4 is 5.32 Å². The molecule has 9 heteroatoms. The second-order valence-corrected chi connectivity index (χ2v) is 8.07. The third-order valence-corrected chi connectivity index (χ3v) is 6.30. The highest BCUT2D eigenvalue weighted by Gasteiger charge is 2.23. The summed E-state index contributed by atoms with van der Waals surface area (Å²) in [7, 11) is -0.701. The molecule has 1 amide bonds. The van der Waals surface area contributed by atoms with E-state index in [2.05, 4.69) is 5.32 Å². The molecule has 0 spiro atoms. The Labute approximate surface area is 150 Å². The Balaban J connectivity index is 2.11. The minimum absolute atomic E-state index is 0.0704. The summed E-state index contributed by atoms with van der Waals surface area (Å²) >= 11 is 1.05. The lowest BCUT2D eigenvalue weighted by atomic mass is 10.2. The van der Waals surface area contributed by atoms with Gasteiger partial charge in [0, 0.05) is 31.8 Å².